The van der Waals surface area contributed by atoms with Gasteiger partial charge in [-0.2, -0.15) is 0 Å². The third-order valence-corrected chi connectivity index (χ3v) is 5.80. The molecule has 0 atom stereocenters. The van der Waals surface area contributed by atoms with Crippen LogP contribution < -0.4 is 4.74 Å². The van der Waals surface area contributed by atoms with E-state index in [4.69, 9.17) is 9.47 Å². The van der Waals surface area contributed by atoms with Crippen LogP contribution in [0.15, 0.2) is 18.2 Å². The number of fused-ring (bicyclic) bond motifs is 4. The van der Waals surface area contributed by atoms with E-state index in [2.05, 4.69) is 4.90 Å². The molecule has 0 spiro atoms. The van der Waals surface area contributed by atoms with Crippen LogP contribution in [0.25, 0.3) is 5.57 Å². The van der Waals surface area contributed by atoms with Crippen molar-refractivity contribution in [2.45, 2.75) is 25.7 Å². The molecule has 24 heavy (non-hydrogen) atoms. The van der Waals surface area contributed by atoms with E-state index in [-0.39, 0.29) is 17.1 Å². The van der Waals surface area contributed by atoms with Crippen LogP contribution in [0.1, 0.15) is 30.4 Å². The van der Waals surface area contributed by atoms with Crippen LogP contribution in [-0.2, 0) is 16.0 Å². The zero-order valence-corrected chi connectivity index (χ0v) is 13.9. The Morgan fingerprint density at radius 1 is 1.25 bits per heavy atom. The van der Waals surface area contributed by atoms with Crippen molar-refractivity contribution in [3.05, 3.63) is 35.2 Å². The zero-order chi connectivity index (χ0) is 16.7. The second-order valence-electron chi connectivity index (χ2n) is 7.13. The third kappa shape index (κ3) is 2.61. The standard InChI is InChI=1S/C19H22FNO3/c1-23-17-10-13-2-3-14(15(13)11-16(17)20)18(22)24-12-19-4-7-21(8-5-19)9-6-19/h3,10-11H,2,4-9,12H2,1H3. The lowest BCUT2D eigenvalue weighted by molar-refractivity contribution is -0.143. The van der Waals surface area contributed by atoms with Gasteiger partial charge in [0, 0.05) is 5.41 Å². The van der Waals surface area contributed by atoms with Gasteiger partial charge in [-0.1, -0.05) is 6.08 Å². The minimum Gasteiger partial charge on any atom is -0.494 e. The van der Waals surface area contributed by atoms with Gasteiger partial charge in [-0.15, -0.1) is 0 Å². The van der Waals surface area contributed by atoms with E-state index >= 15 is 0 Å². The minimum atomic E-state index is -0.449. The highest BCUT2D eigenvalue weighted by Crippen LogP contribution is 2.41. The lowest BCUT2D eigenvalue weighted by Gasteiger charge is -2.47. The quantitative estimate of drug-likeness (QED) is 0.795. The fraction of sp³-hybridized carbons (Fsp3) is 0.526. The summed E-state index contributed by atoms with van der Waals surface area (Å²) in [5, 5.41) is 0. The molecule has 5 rings (SSSR count). The molecule has 5 heteroatoms. The molecule has 4 aliphatic rings. The minimum absolute atomic E-state index is 0.150. The number of methoxy groups -OCH3 is 1. The maximum absolute atomic E-state index is 14.0. The number of piperidine rings is 3. The van der Waals surface area contributed by atoms with E-state index in [1.807, 2.05) is 6.08 Å². The van der Waals surface area contributed by atoms with Crippen molar-refractivity contribution in [2.24, 2.45) is 5.41 Å². The molecule has 128 valence electrons. The van der Waals surface area contributed by atoms with E-state index in [0.29, 0.717) is 24.2 Å². The molecule has 0 aromatic heterocycles. The summed E-state index contributed by atoms with van der Waals surface area (Å²) in [6.45, 7) is 3.79. The van der Waals surface area contributed by atoms with Gasteiger partial charge in [-0.25, -0.2) is 9.18 Å². The number of halogens is 1. The predicted octanol–water partition coefficient (Wildman–Crippen LogP) is 2.80. The second-order valence-corrected chi connectivity index (χ2v) is 7.13. The van der Waals surface area contributed by atoms with E-state index in [1.54, 1.807) is 6.07 Å². The SMILES string of the molecule is COc1cc2c(cc1F)C(C(=O)OCC13CCN(CC1)CC3)=CC2. The predicted molar refractivity (Wildman–Crippen MR) is 88.3 cm³/mol. The number of nitrogens with zero attached hydrogens (tertiary/aromatic N) is 1. The molecule has 1 aliphatic carbocycles. The molecule has 0 unspecified atom stereocenters. The maximum atomic E-state index is 14.0. The fourth-order valence-corrected chi connectivity index (χ4v) is 4.10. The third-order valence-electron chi connectivity index (χ3n) is 5.80. The summed E-state index contributed by atoms with van der Waals surface area (Å²) in [5.41, 5.74) is 2.17. The van der Waals surface area contributed by atoms with Gasteiger partial charge in [-0.05, 0) is 68.6 Å². The van der Waals surface area contributed by atoms with Crippen LogP contribution in [0.4, 0.5) is 4.39 Å². The van der Waals surface area contributed by atoms with Gasteiger partial charge >= 0.3 is 5.97 Å². The molecule has 3 fully saturated rings. The average molecular weight is 331 g/mol. The molecule has 3 aliphatic heterocycles. The van der Waals surface area contributed by atoms with Crippen LogP contribution in [-0.4, -0.2) is 44.2 Å². The molecular weight excluding hydrogens is 309 g/mol. The Labute approximate surface area is 141 Å². The first-order chi connectivity index (χ1) is 11.6. The normalized spacial score (nSPS) is 27.6. The topological polar surface area (TPSA) is 38.8 Å². The Kier molecular flexibility index (Phi) is 3.83. The smallest absolute Gasteiger partial charge is 0.338 e. The van der Waals surface area contributed by atoms with Gasteiger partial charge in [0.25, 0.3) is 0 Å². The number of hydrogen-bond donors (Lipinski definition) is 0. The molecule has 1 aromatic rings. The number of esters is 1. The fourth-order valence-electron chi connectivity index (χ4n) is 4.10. The molecule has 4 nitrogen and oxygen atoms in total. The summed E-state index contributed by atoms with van der Waals surface area (Å²) in [5.74, 6) is -0.569. The Balaban J connectivity index is 1.46. The zero-order valence-electron chi connectivity index (χ0n) is 13.9. The Morgan fingerprint density at radius 2 is 1.96 bits per heavy atom. The van der Waals surface area contributed by atoms with Crippen molar-refractivity contribution in [1.29, 1.82) is 0 Å². The Bertz CT molecular complexity index is 691. The number of carbonyl (C=O) groups excluding carboxylic acids is 1. The van der Waals surface area contributed by atoms with E-state index in [0.717, 1.165) is 44.5 Å². The number of benzene rings is 1. The first-order valence-corrected chi connectivity index (χ1v) is 8.57. The van der Waals surface area contributed by atoms with Crippen LogP contribution in [0, 0.1) is 11.2 Å². The average Bonchev–Trinajstić information content (AvgIpc) is 3.03. The molecule has 0 N–H and O–H groups in total. The first kappa shape index (κ1) is 15.6. The summed E-state index contributed by atoms with van der Waals surface area (Å²) in [6.07, 6.45) is 5.73. The van der Waals surface area contributed by atoms with Crippen molar-refractivity contribution in [2.75, 3.05) is 33.4 Å². The van der Waals surface area contributed by atoms with Gasteiger partial charge < -0.3 is 14.4 Å². The number of carbonyl (C=O) groups is 1. The van der Waals surface area contributed by atoms with Crippen molar-refractivity contribution < 1.29 is 18.7 Å². The summed E-state index contributed by atoms with van der Waals surface area (Å²) in [6, 6.07) is 3.04. The summed E-state index contributed by atoms with van der Waals surface area (Å²) >= 11 is 0. The first-order valence-electron chi connectivity index (χ1n) is 8.57. The monoisotopic (exact) mass is 331 g/mol. The Hall–Kier alpha value is -1.88. The summed E-state index contributed by atoms with van der Waals surface area (Å²) in [7, 11) is 1.44. The van der Waals surface area contributed by atoms with E-state index in [1.165, 1.54) is 13.2 Å². The van der Waals surface area contributed by atoms with Gasteiger partial charge in [0.05, 0.1) is 19.3 Å². The highest BCUT2D eigenvalue weighted by Gasteiger charge is 2.40. The lowest BCUT2D eigenvalue weighted by atomic mass is 9.73. The van der Waals surface area contributed by atoms with Crippen molar-refractivity contribution in [1.82, 2.24) is 4.90 Å². The maximum Gasteiger partial charge on any atom is 0.338 e. The van der Waals surface area contributed by atoms with Gasteiger partial charge in [-0.3, -0.25) is 0 Å². The van der Waals surface area contributed by atoms with Gasteiger partial charge in [0.1, 0.15) is 0 Å². The van der Waals surface area contributed by atoms with Crippen molar-refractivity contribution in [3.63, 3.8) is 0 Å². The number of rotatable bonds is 4. The molecule has 3 heterocycles. The van der Waals surface area contributed by atoms with Crippen molar-refractivity contribution >= 4 is 11.5 Å². The summed E-state index contributed by atoms with van der Waals surface area (Å²) in [4.78, 5) is 15.0. The number of allylic oxidation sites excluding steroid dienone is 1. The van der Waals surface area contributed by atoms with Crippen LogP contribution in [0.3, 0.4) is 0 Å². The number of hydrogen-bond acceptors (Lipinski definition) is 4. The highest BCUT2D eigenvalue weighted by molar-refractivity contribution is 6.18. The molecule has 1 aromatic carbocycles. The van der Waals surface area contributed by atoms with Gasteiger partial charge in [0.2, 0.25) is 0 Å². The molecule has 0 amide bonds. The van der Waals surface area contributed by atoms with Gasteiger partial charge in [0.15, 0.2) is 11.6 Å². The largest absolute Gasteiger partial charge is 0.494 e. The van der Waals surface area contributed by atoms with Crippen LogP contribution >= 0.6 is 0 Å². The van der Waals surface area contributed by atoms with Crippen LogP contribution in [0.2, 0.25) is 0 Å². The molecule has 3 saturated heterocycles. The van der Waals surface area contributed by atoms with E-state index in [9.17, 15) is 9.18 Å². The molecule has 0 saturated carbocycles. The van der Waals surface area contributed by atoms with Crippen molar-refractivity contribution in [3.8, 4) is 5.75 Å². The van der Waals surface area contributed by atoms with E-state index < -0.39 is 5.82 Å². The molecule has 0 radical (unpaired) electrons. The van der Waals surface area contributed by atoms with Crippen LogP contribution in [0.5, 0.6) is 5.75 Å². The summed E-state index contributed by atoms with van der Waals surface area (Å²) < 4.78 is 24.6. The molecule has 2 bridgehead atoms. The second kappa shape index (κ2) is 5.88. The Morgan fingerprint density at radius 3 is 2.62 bits per heavy atom. The highest BCUT2D eigenvalue weighted by atomic mass is 19.1. The number of ether oxygens (including phenoxy) is 2. The lowest BCUT2D eigenvalue weighted by Crippen LogP contribution is -2.50. The molecular formula is C19H22FNO3.